The molecule has 2 aromatic heterocycles. The Labute approximate surface area is 135 Å². The zero-order valence-electron chi connectivity index (χ0n) is 12.1. The van der Waals surface area contributed by atoms with Crippen molar-refractivity contribution in [2.45, 2.75) is 5.03 Å². The molecule has 0 saturated carbocycles. The van der Waals surface area contributed by atoms with Crippen LogP contribution in [0.25, 0.3) is 5.65 Å². The fourth-order valence-electron chi connectivity index (χ4n) is 2.04. The minimum atomic E-state index is 0.111. The Morgan fingerprint density at radius 2 is 1.91 bits per heavy atom. The molecule has 1 aromatic carbocycles. The van der Waals surface area contributed by atoms with Crippen molar-refractivity contribution in [3.8, 4) is 6.07 Å². The third-order valence-electron chi connectivity index (χ3n) is 3.08. The van der Waals surface area contributed by atoms with Crippen molar-refractivity contribution in [3.05, 3.63) is 35.9 Å². The van der Waals surface area contributed by atoms with E-state index >= 15 is 0 Å². The minimum Gasteiger partial charge on any atom is -0.382 e. The average Bonchev–Trinajstić information content (AvgIpc) is 2.87. The van der Waals surface area contributed by atoms with Gasteiger partial charge in [0, 0.05) is 0 Å². The number of nitrogen functional groups attached to an aromatic ring is 2. The molecule has 0 aliphatic heterocycles. The van der Waals surface area contributed by atoms with E-state index in [0.29, 0.717) is 22.0 Å². The lowest BCUT2D eigenvalue weighted by molar-refractivity contribution is 0.845. The van der Waals surface area contributed by atoms with Crippen molar-refractivity contribution in [1.82, 2.24) is 14.6 Å². The standard InChI is InChI=1S/C14H12N8S/c1-23-14-9(7-15)11(16)18-13-10(12(17)21-22(13)14)20-19-8-5-3-2-4-6-8/h2-6H,1H3,(H2,16,18)(H2,17,21). The van der Waals surface area contributed by atoms with Crippen LogP contribution in [0.3, 0.4) is 0 Å². The first-order valence-corrected chi connectivity index (χ1v) is 7.76. The summed E-state index contributed by atoms with van der Waals surface area (Å²) in [6.07, 6.45) is 1.82. The van der Waals surface area contributed by atoms with Gasteiger partial charge in [0.1, 0.15) is 22.5 Å². The number of anilines is 2. The molecule has 0 atom stereocenters. The number of hydrogen-bond acceptors (Lipinski definition) is 8. The first-order chi connectivity index (χ1) is 11.2. The number of azo groups is 1. The summed E-state index contributed by atoms with van der Waals surface area (Å²) in [6, 6.07) is 11.3. The van der Waals surface area contributed by atoms with Gasteiger partial charge in [-0.3, -0.25) is 0 Å². The molecule has 0 aliphatic rings. The van der Waals surface area contributed by atoms with Gasteiger partial charge in [0.15, 0.2) is 17.2 Å². The number of fused-ring (bicyclic) bond motifs is 1. The van der Waals surface area contributed by atoms with Gasteiger partial charge in [-0.15, -0.1) is 22.0 Å². The van der Waals surface area contributed by atoms with Crippen LogP contribution in [-0.2, 0) is 0 Å². The van der Waals surface area contributed by atoms with Crippen molar-refractivity contribution in [3.63, 3.8) is 0 Å². The minimum absolute atomic E-state index is 0.111. The molecule has 0 fully saturated rings. The van der Waals surface area contributed by atoms with Crippen LogP contribution in [0.2, 0.25) is 0 Å². The lowest BCUT2D eigenvalue weighted by atomic mass is 10.3. The van der Waals surface area contributed by atoms with Crippen LogP contribution in [0.15, 0.2) is 45.6 Å². The van der Waals surface area contributed by atoms with Crippen LogP contribution in [0.1, 0.15) is 5.56 Å². The summed E-state index contributed by atoms with van der Waals surface area (Å²) in [5, 5.41) is 22.2. The van der Waals surface area contributed by atoms with Gasteiger partial charge in [-0.25, -0.2) is 9.50 Å². The van der Waals surface area contributed by atoms with E-state index in [1.54, 1.807) is 0 Å². The van der Waals surface area contributed by atoms with Crippen LogP contribution in [0, 0.1) is 11.3 Å². The fourth-order valence-corrected chi connectivity index (χ4v) is 2.69. The monoisotopic (exact) mass is 324 g/mol. The van der Waals surface area contributed by atoms with Crippen LogP contribution < -0.4 is 11.5 Å². The lowest BCUT2D eigenvalue weighted by Gasteiger charge is -2.05. The second-order valence-electron chi connectivity index (χ2n) is 4.50. The highest BCUT2D eigenvalue weighted by atomic mass is 32.2. The van der Waals surface area contributed by atoms with Gasteiger partial charge >= 0.3 is 0 Å². The van der Waals surface area contributed by atoms with E-state index in [9.17, 15) is 5.26 Å². The highest BCUT2D eigenvalue weighted by Crippen LogP contribution is 2.33. The van der Waals surface area contributed by atoms with Crippen LogP contribution in [0.5, 0.6) is 0 Å². The summed E-state index contributed by atoms with van der Waals surface area (Å²) in [6.45, 7) is 0. The molecule has 0 bridgehead atoms. The Morgan fingerprint density at radius 1 is 1.17 bits per heavy atom. The number of benzene rings is 1. The molecule has 23 heavy (non-hydrogen) atoms. The maximum Gasteiger partial charge on any atom is 0.188 e. The molecule has 0 saturated heterocycles. The molecule has 2 heterocycles. The number of nitrogens with two attached hydrogens (primary N) is 2. The molecular formula is C14H12N8S. The van der Waals surface area contributed by atoms with Crippen molar-refractivity contribution in [2.75, 3.05) is 17.7 Å². The number of hydrogen-bond donors (Lipinski definition) is 2. The van der Waals surface area contributed by atoms with E-state index in [2.05, 4.69) is 20.3 Å². The van der Waals surface area contributed by atoms with E-state index in [4.69, 9.17) is 11.5 Å². The average molecular weight is 324 g/mol. The smallest absolute Gasteiger partial charge is 0.188 e. The topological polar surface area (TPSA) is 131 Å². The molecule has 3 aromatic rings. The third-order valence-corrected chi connectivity index (χ3v) is 3.84. The quantitative estimate of drug-likeness (QED) is 0.432. The van der Waals surface area contributed by atoms with E-state index in [1.165, 1.54) is 16.3 Å². The third kappa shape index (κ3) is 2.56. The highest BCUT2D eigenvalue weighted by molar-refractivity contribution is 7.98. The van der Waals surface area contributed by atoms with Gasteiger partial charge < -0.3 is 11.5 Å². The Bertz CT molecular complexity index is 939. The molecule has 114 valence electrons. The Hall–Kier alpha value is -3.12. The number of aromatic nitrogens is 3. The first-order valence-electron chi connectivity index (χ1n) is 6.54. The van der Waals surface area contributed by atoms with Crippen molar-refractivity contribution >= 4 is 40.4 Å². The first kappa shape index (κ1) is 14.8. The predicted molar refractivity (Wildman–Crippen MR) is 88.9 cm³/mol. The molecule has 4 N–H and O–H groups in total. The van der Waals surface area contributed by atoms with Gasteiger partial charge in [0.25, 0.3) is 0 Å². The largest absolute Gasteiger partial charge is 0.382 e. The van der Waals surface area contributed by atoms with Crippen LogP contribution in [-0.4, -0.2) is 20.9 Å². The summed E-state index contributed by atoms with van der Waals surface area (Å²) < 4.78 is 1.47. The predicted octanol–water partition coefficient (Wildman–Crippen LogP) is 2.90. The second kappa shape index (κ2) is 5.94. The SMILES string of the molecule is CSc1c(C#N)c(N)nc2c(N=Nc3ccccc3)c(N)nn12. The highest BCUT2D eigenvalue weighted by Gasteiger charge is 2.19. The van der Waals surface area contributed by atoms with Gasteiger partial charge in [-0.2, -0.15) is 10.4 Å². The number of thioether (sulfide) groups is 1. The maximum absolute atomic E-state index is 9.22. The zero-order valence-corrected chi connectivity index (χ0v) is 12.9. The number of nitrogens with zero attached hydrogens (tertiary/aromatic N) is 6. The summed E-state index contributed by atoms with van der Waals surface area (Å²) in [5.74, 6) is 0.280. The molecule has 0 amide bonds. The number of rotatable bonds is 3. The van der Waals surface area contributed by atoms with E-state index in [1.807, 2.05) is 42.7 Å². The van der Waals surface area contributed by atoms with Crippen molar-refractivity contribution < 1.29 is 0 Å². The van der Waals surface area contributed by atoms with Crippen LogP contribution in [0.4, 0.5) is 23.0 Å². The van der Waals surface area contributed by atoms with Crippen molar-refractivity contribution in [2.24, 2.45) is 10.2 Å². The Balaban J connectivity index is 2.19. The van der Waals surface area contributed by atoms with E-state index in [-0.39, 0.29) is 17.2 Å². The summed E-state index contributed by atoms with van der Waals surface area (Å²) in [4.78, 5) is 4.20. The Kier molecular flexibility index (Phi) is 3.82. The number of nitriles is 1. The van der Waals surface area contributed by atoms with Gasteiger partial charge in [0.2, 0.25) is 0 Å². The zero-order chi connectivity index (χ0) is 16.4. The normalized spacial score (nSPS) is 11.1. The molecule has 3 rings (SSSR count). The van der Waals surface area contributed by atoms with Gasteiger partial charge in [-0.05, 0) is 18.4 Å². The molecule has 0 aliphatic carbocycles. The van der Waals surface area contributed by atoms with E-state index < -0.39 is 0 Å². The molecule has 0 radical (unpaired) electrons. The summed E-state index contributed by atoms with van der Waals surface area (Å²) in [7, 11) is 0. The molecule has 9 heteroatoms. The lowest BCUT2D eigenvalue weighted by Crippen LogP contribution is -2.04. The van der Waals surface area contributed by atoms with Crippen LogP contribution >= 0.6 is 11.8 Å². The van der Waals surface area contributed by atoms with Gasteiger partial charge in [-0.1, -0.05) is 18.2 Å². The van der Waals surface area contributed by atoms with Crippen molar-refractivity contribution in [1.29, 1.82) is 5.26 Å². The fraction of sp³-hybridized carbons (Fsp3) is 0.0714. The molecule has 8 nitrogen and oxygen atoms in total. The second-order valence-corrected chi connectivity index (χ2v) is 5.29. The molecule has 0 unspecified atom stereocenters. The summed E-state index contributed by atoms with van der Waals surface area (Å²) >= 11 is 1.33. The van der Waals surface area contributed by atoms with E-state index in [0.717, 1.165) is 0 Å². The Morgan fingerprint density at radius 3 is 2.57 bits per heavy atom. The maximum atomic E-state index is 9.22. The van der Waals surface area contributed by atoms with Gasteiger partial charge in [0.05, 0.1) is 5.69 Å². The summed E-state index contributed by atoms with van der Waals surface area (Å²) in [5.41, 5.74) is 13.4. The molecule has 0 spiro atoms. The molecular weight excluding hydrogens is 312 g/mol.